The van der Waals surface area contributed by atoms with Gasteiger partial charge in [-0.3, -0.25) is 0 Å². The normalized spacial score (nSPS) is 18.4. The van der Waals surface area contributed by atoms with E-state index in [1.807, 2.05) is 7.05 Å². The fourth-order valence-corrected chi connectivity index (χ4v) is 3.67. The summed E-state index contributed by atoms with van der Waals surface area (Å²) in [5.41, 5.74) is 0. The van der Waals surface area contributed by atoms with E-state index in [2.05, 4.69) is 19.9 Å². The lowest BCUT2D eigenvalue weighted by Gasteiger charge is -2.29. The van der Waals surface area contributed by atoms with E-state index in [4.69, 9.17) is 0 Å². The van der Waals surface area contributed by atoms with Crippen molar-refractivity contribution < 1.29 is 8.42 Å². The summed E-state index contributed by atoms with van der Waals surface area (Å²) in [6.45, 7) is 1.83. The lowest BCUT2D eigenvalue weighted by atomic mass is 10.1. The van der Waals surface area contributed by atoms with E-state index in [1.54, 1.807) is 25.4 Å². The van der Waals surface area contributed by atoms with Crippen LogP contribution in [0.15, 0.2) is 23.2 Å². The summed E-state index contributed by atoms with van der Waals surface area (Å²) in [6.07, 6.45) is 3.25. The molecule has 1 fully saturated rings. The Balaban J connectivity index is 2.14. The van der Waals surface area contributed by atoms with Crippen molar-refractivity contribution in [2.75, 3.05) is 32.5 Å². The minimum Gasteiger partial charge on any atom is -0.372 e. The highest BCUT2D eigenvalue weighted by atomic mass is 32.2. The second-order valence-electron chi connectivity index (χ2n) is 4.80. The third kappa shape index (κ3) is 3.43. The molecule has 1 aliphatic rings. The molecular formula is C12H20N4O2S. The van der Waals surface area contributed by atoms with Crippen LogP contribution in [0.25, 0.3) is 0 Å². The first-order valence-corrected chi connectivity index (χ1v) is 7.85. The van der Waals surface area contributed by atoms with Crippen LogP contribution < -0.4 is 10.0 Å². The van der Waals surface area contributed by atoms with Crippen LogP contribution in [0.4, 0.5) is 5.82 Å². The Hall–Kier alpha value is -1.18. The quantitative estimate of drug-likeness (QED) is 0.842. The van der Waals surface area contributed by atoms with Crippen LogP contribution in [0.2, 0.25) is 0 Å². The van der Waals surface area contributed by atoms with Crippen molar-refractivity contribution in [3.8, 4) is 0 Å². The molecule has 0 unspecified atom stereocenters. The van der Waals surface area contributed by atoms with Gasteiger partial charge in [-0.05, 0) is 45.1 Å². The second kappa shape index (κ2) is 5.85. The van der Waals surface area contributed by atoms with E-state index in [-0.39, 0.29) is 10.9 Å². The molecule has 0 aliphatic carbocycles. The SMILES string of the molecule is CNc1ncccc1S(=O)(=O)NC1CCN(C)CC1. The average molecular weight is 284 g/mol. The van der Waals surface area contributed by atoms with Crippen molar-refractivity contribution >= 4 is 15.8 Å². The molecule has 2 heterocycles. The monoisotopic (exact) mass is 284 g/mol. The third-order valence-corrected chi connectivity index (χ3v) is 4.89. The summed E-state index contributed by atoms with van der Waals surface area (Å²) in [7, 11) is 0.197. The maximum atomic E-state index is 12.4. The van der Waals surface area contributed by atoms with E-state index in [1.165, 1.54) is 0 Å². The van der Waals surface area contributed by atoms with Gasteiger partial charge >= 0.3 is 0 Å². The van der Waals surface area contributed by atoms with Gasteiger partial charge in [-0.25, -0.2) is 18.1 Å². The molecule has 7 heteroatoms. The van der Waals surface area contributed by atoms with E-state index in [0.29, 0.717) is 5.82 Å². The van der Waals surface area contributed by atoms with Crippen LogP contribution in [0.1, 0.15) is 12.8 Å². The first-order chi connectivity index (χ1) is 9.03. The number of hydrogen-bond donors (Lipinski definition) is 2. The number of aromatic nitrogens is 1. The predicted molar refractivity (Wildman–Crippen MR) is 74.6 cm³/mol. The largest absolute Gasteiger partial charge is 0.372 e. The van der Waals surface area contributed by atoms with Crippen LogP contribution in [-0.4, -0.2) is 51.5 Å². The molecule has 0 spiro atoms. The van der Waals surface area contributed by atoms with Gasteiger partial charge in [-0.1, -0.05) is 0 Å². The van der Waals surface area contributed by atoms with E-state index < -0.39 is 10.0 Å². The molecule has 1 saturated heterocycles. The topological polar surface area (TPSA) is 74.3 Å². The molecule has 1 aromatic heterocycles. The molecule has 1 aliphatic heterocycles. The third-order valence-electron chi connectivity index (χ3n) is 3.34. The smallest absolute Gasteiger partial charge is 0.244 e. The molecule has 0 atom stereocenters. The maximum Gasteiger partial charge on any atom is 0.244 e. The zero-order chi connectivity index (χ0) is 13.9. The number of hydrogen-bond acceptors (Lipinski definition) is 5. The summed E-state index contributed by atoms with van der Waals surface area (Å²) in [4.78, 5) is 6.44. The Morgan fingerprint density at radius 1 is 1.37 bits per heavy atom. The van der Waals surface area contributed by atoms with Gasteiger partial charge in [0, 0.05) is 19.3 Å². The molecule has 0 saturated carbocycles. The van der Waals surface area contributed by atoms with E-state index >= 15 is 0 Å². The zero-order valence-electron chi connectivity index (χ0n) is 11.3. The molecule has 2 N–H and O–H groups in total. The molecule has 0 bridgehead atoms. The number of nitrogens with zero attached hydrogens (tertiary/aromatic N) is 2. The average Bonchev–Trinajstić information content (AvgIpc) is 2.41. The number of piperidine rings is 1. The minimum atomic E-state index is -3.51. The van der Waals surface area contributed by atoms with Gasteiger partial charge in [0.25, 0.3) is 0 Å². The standard InChI is InChI=1S/C12H20N4O2S/c1-13-12-11(4-3-7-14-12)19(17,18)15-10-5-8-16(2)9-6-10/h3-4,7,10,15H,5-6,8-9H2,1-2H3,(H,13,14). The number of pyridine rings is 1. The van der Waals surface area contributed by atoms with Crippen LogP contribution in [-0.2, 0) is 10.0 Å². The lowest BCUT2D eigenvalue weighted by Crippen LogP contribution is -2.43. The minimum absolute atomic E-state index is 0.00566. The lowest BCUT2D eigenvalue weighted by molar-refractivity contribution is 0.248. The van der Waals surface area contributed by atoms with Gasteiger partial charge in [-0.15, -0.1) is 0 Å². The summed E-state index contributed by atoms with van der Waals surface area (Å²) in [5.74, 6) is 0.378. The van der Waals surface area contributed by atoms with E-state index in [9.17, 15) is 8.42 Å². The predicted octanol–water partition coefficient (Wildman–Crippen LogP) is 0.496. The van der Waals surface area contributed by atoms with Crippen LogP contribution in [0.5, 0.6) is 0 Å². The highest BCUT2D eigenvalue weighted by Gasteiger charge is 2.25. The molecule has 2 rings (SSSR count). The molecule has 0 amide bonds. The van der Waals surface area contributed by atoms with Crippen LogP contribution in [0.3, 0.4) is 0 Å². The summed E-state index contributed by atoms with van der Waals surface area (Å²) < 4.78 is 27.5. The van der Waals surface area contributed by atoms with Crippen LogP contribution in [0, 0.1) is 0 Å². The van der Waals surface area contributed by atoms with Crippen LogP contribution >= 0.6 is 0 Å². The molecule has 6 nitrogen and oxygen atoms in total. The number of likely N-dealkylation sites (tertiary alicyclic amines) is 1. The number of anilines is 1. The molecule has 106 valence electrons. The summed E-state index contributed by atoms with van der Waals surface area (Å²) >= 11 is 0. The highest BCUT2D eigenvalue weighted by Crippen LogP contribution is 2.19. The van der Waals surface area contributed by atoms with Gasteiger partial charge in [0.05, 0.1) is 0 Å². The maximum absolute atomic E-state index is 12.4. The van der Waals surface area contributed by atoms with Crippen molar-refractivity contribution in [2.24, 2.45) is 0 Å². The molecule has 0 aromatic carbocycles. The summed E-state index contributed by atoms with van der Waals surface area (Å²) in [5, 5.41) is 2.81. The number of sulfonamides is 1. The fourth-order valence-electron chi connectivity index (χ4n) is 2.20. The van der Waals surface area contributed by atoms with Crippen molar-refractivity contribution in [3.05, 3.63) is 18.3 Å². The van der Waals surface area contributed by atoms with Crippen molar-refractivity contribution in [3.63, 3.8) is 0 Å². The first kappa shape index (κ1) is 14.2. The molecule has 1 aromatic rings. The summed E-state index contributed by atoms with van der Waals surface area (Å²) in [6, 6.07) is 3.20. The van der Waals surface area contributed by atoms with Gasteiger partial charge in [-0.2, -0.15) is 0 Å². The Morgan fingerprint density at radius 3 is 2.68 bits per heavy atom. The number of rotatable bonds is 4. The highest BCUT2D eigenvalue weighted by molar-refractivity contribution is 7.89. The number of nitrogens with one attached hydrogen (secondary N) is 2. The molecular weight excluding hydrogens is 264 g/mol. The first-order valence-electron chi connectivity index (χ1n) is 6.36. The van der Waals surface area contributed by atoms with Gasteiger partial charge in [0.15, 0.2) is 0 Å². The fraction of sp³-hybridized carbons (Fsp3) is 0.583. The Kier molecular flexibility index (Phi) is 4.38. The van der Waals surface area contributed by atoms with Gasteiger partial charge in [0.2, 0.25) is 10.0 Å². The molecule has 19 heavy (non-hydrogen) atoms. The van der Waals surface area contributed by atoms with E-state index in [0.717, 1.165) is 25.9 Å². The second-order valence-corrected chi connectivity index (χ2v) is 6.48. The Morgan fingerprint density at radius 2 is 2.05 bits per heavy atom. The zero-order valence-corrected chi connectivity index (χ0v) is 12.1. The van der Waals surface area contributed by atoms with Crippen molar-refractivity contribution in [1.29, 1.82) is 0 Å². The molecule has 0 radical (unpaired) electrons. The van der Waals surface area contributed by atoms with Gasteiger partial charge < -0.3 is 10.2 Å². The Labute approximate surface area is 114 Å². The van der Waals surface area contributed by atoms with Gasteiger partial charge in [0.1, 0.15) is 10.7 Å². The Bertz CT molecular complexity index is 524. The van der Waals surface area contributed by atoms with Crippen molar-refractivity contribution in [1.82, 2.24) is 14.6 Å². The van der Waals surface area contributed by atoms with Crippen molar-refractivity contribution in [2.45, 2.75) is 23.8 Å².